The minimum Gasteiger partial charge on any atom is -0.411 e. The normalized spacial score (nSPS) is 45.2. The second-order valence-electron chi connectivity index (χ2n) is 3.74. The first-order valence-corrected chi connectivity index (χ1v) is 4.15. The van der Waals surface area contributed by atoms with Crippen LogP contribution in [0.4, 0.5) is 0 Å². The van der Waals surface area contributed by atoms with Gasteiger partial charge in [0.2, 0.25) is 0 Å². The fraction of sp³-hybridized carbons (Fsp3) is 0.667. The maximum atomic E-state index is 8.65. The van der Waals surface area contributed by atoms with E-state index in [1.807, 2.05) is 0 Å². The molecule has 0 heterocycles. The third-order valence-electron chi connectivity index (χ3n) is 3.21. The molecule has 2 aliphatic carbocycles. The van der Waals surface area contributed by atoms with Gasteiger partial charge in [0.25, 0.3) is 0 Å². The van der Waals surface area contributed by atoms with Crippen LogP contribution in [-0.4, -0.2) is 10.9 Å². The summed E-state index contributed by atoms with van der Waals surface area (Å²) >= 11 is 0. The van der Waals surface area contributed by atoms with Crippen molar-refractivity contribution in [3.8, 4) is 0 Å². The molecule has 1 fully saturated rings. The fourth-order valence-electron chi connectivity index (χ4n) is 2.16. The Hall–Kier alpha value is -0.790. The lowest BCUT2D eigenvalue weighted by Crippen LogP contribution is -2.48. The van der Waals surface area contributed by atoms with E-state index in [0.717, 1.165) is 25.0 Å². The zero-order valence-electron chi connectivity index (χ0n) is 6.75. The average Bonchev–Trinajstić information content (AvgIpc) is 1.99. The van der Waals surface area contributed by atoms with Gasteiger partial charge in [-0.25, -0.2) is 0 Å². The number of allylic oxidation sites excluding steroid dienone is 2. The van der Waals surface area contributed by atoms with E-state index in [4.69, 9.17) is 5.21 Å². The first-order valence-electron chi connectivity index (χ1n) is 4.15. The molecule has 0 aromatic carbocycles. The van der Waals surface area contributed by atoms with Crippen LogP contribution in [-0.2, 0) is 0 Å². The van der Waals surface area contributed by atoms with Crippen molar-refractivity contribution in [1.29, 1.82) is 0 Å². The van der Waals surface area contributed by atoms with E-state index >= 15 is 0 Å². The Labute approximate surface area is 66.6 Å². The molecule has 0 aromatic rings. The first kappa shape index (κ1) is 6.89. The number of rotatable bonds is 0. The fourth-order valence-corrected chi connectivity index (χ4v) is 2.16. The summed E-state index contributed by atoms with van der Waals surface area (Å²) in [5.41, 5.74) is 1.19. The summed E-state index contributed by atoms with van der Waals surface area (Å²) in [6, 6.07) is 0. The Balaban J connectivity index is 2.26. The number of fused-ring (bicyclic) bond motifs is 1. The zero-order chi connectivity index (χ0) is 7.90. The SMILES string of the molecule is CC12CCC=CC1C/C2=N\O. The van der Waals surface area contributed by atoms with Gasteiger partial charge in [0.05, 0.1) is 5.71 Å². The number of nitrogens with zero attached hydrogens (tertiary/aromatic N) is 1. The molecule has 0 saturated heterocycles. The van der Waals surface area contributed by atoms with Gasteiger partial charge in [0, 0.05) is 5.41 Å². The molecule has 0 spiro atoms. The molecule has 2 unspecified atom stereocenters. The van der Waals surface area contributed by atoms with Gasteiger partial charge in [0.1, 0.15) is 0 Å². The van der Waals surface area contributed by atoms with Gasteiger partial charge < -0.3 is 5.21 Å². The summed E-state index contributed by atoms with van der Waals surface area (Å²) in [4.78, 5) is 0. The summed E-state index contributed by atoms with van der Waals surface area (Å²) in [5, 5.41) is 12.0. The van der Waals surface area contributed by atoms with Crippen molar-refractivity contribution in [2.24, 2.45) is 16.5 Å². The lowest BCUT2D eigenvalue weighted by Gasteiger charge is -2.48. The van der Waals surface area contributed by atoms with Crippen LogP contribution in [0.1, 0.15) is 26.2 Å². The third-order valence-corrected chi connectivity index (χ3v) is 3.21. The van der Waals surface area contributed by atoms with Crippen LogP contribution >= 0.6 is 0 Å². The molecular formula is C9H13NO. The van der Waals surface area contributed by atoms with Gasteiger partial charge in [-0.3, -0.25) is 0 Å². The molecule has 0 aromatic heterocycles. The number of hydrogen-bond donors (Lipinski definition) is 1. The monoisotopic (exact) mass is 151 g/mol. The summed E-state index contributed by atoms with van der Waals surface area (Å²) in [6.45, 7) is 2.19. The highest BCUT2D eigenvalue weighted by Crippen LogP contribution is 2.50. The van der Waals surface area contributed by atoms with E-state index in [1.165, 1.54) is 0 Å². The summed E-state index contributed by atoms with van der Waals surface area (Å²) in [7, 11) is 0. The van der Waals surface area contributed by atoms with Gasteiger partial charge in [0.15, 0.2) is 0 Å². The van der Waals surface area contributed by atoms with Crippen molar-refractivity contribution in [2.75, 3.05) is 0 Å². The summed E-state index contributed by atoms with van der Waals surface area (Å²) in [6.07, 6.45) is 7.74. The number of oxime groups is 1. The van der Waals surface area contributed by atoms with Crippen molar-refractivity contribution in [3.05, 3.63) is 12.2 Å². The summed E-state index contributed by atoms with van der Waals surface area (Å²) < 4.78 is 0. The highest BCUT2D eigenvalue weighted by Gasteiger charge is 2.48. The van der Waals surface area contributed by atoms with Crippen molar-refractivity contribution < 1.29 is 5.21 Å². The highest BCUT2D eigenvalue weighted by atomic mass is 16.4. The number of hydrogen-bond acceptors (Lipinski definition) is 2. The topological polar surface area (TPSA) is 32.6 Å². The van der Waals surface area contributed by atoms with E-state index in [1.54, 1.807) is 0 Å². The largest absolute Gasteiger partial charge is 0.411 e. The Morgan fingerprint density at radius 2 is 2.55 bits per heavy atom. The van der Waals surface area contributed by atoms with Crippen LogP contribution in [0.2, 0.25) is 0 Å². The van der Waals surface area contributed by atoms with E-state index in [2.05, 4.69) is 24.2 Å². The smallest absolute Gasteiger partial charge is 0.0641 e. The molecule has 2 heteroatoms. The average molecular weight is 151 g/mol. The van der Waals surface area contributed by atoms with Crippen LogP contribution in [0.5, 0.6) is 0 Å². The molecular weight excluding hydrogens is 138 g/mol. The van der Waals surface area contributed by atoms with Crippen LogP contribution in [0, 0.1) is 11.3 Å². The molecule has 60 valence electrons. The van der Waals surface area contributed by atoms with Crippen LogP contribution < -0.4 is 0 Å². The molecule has 0 aliphatic heterocycles. The van der Waals surface area contributed by atoms with Crippen molar-refractivity contribution in [3.63, 3.8) is 0 Å². The molecule has 2 atom stereocenters. The molecule has 2 rings (SSSR count). The van der Waals surface area contributed by atoms with Gasteiger partial charge in [-0.15, -0.1) is 0 Å². The van der Waals surface area contributed by atoms with Crippen molar-refractivity contribution in [2.45, 2.75) is 26.2 Å². The summed E-state index contributed by atoms with van der Waals surface area (Å²) in [5.74, 6) is 0.641. The van der Waals surface area contributed by atoms with Crippen LogP contribution in [0.15, 0.2) is 17.3 Å². The maximum Gasteiger partial charge on any atom is 0.0641 e. The van der Waals surface area contributed by atoms with Crippen LogP contribution in [0.25, 0.3) is 0 Å². The Morgan fingerprint density at radius 1 is 1.73 bits per heavy atom. The second-order valence-corrected chi connectivity index (χ2v) is 3.74. The maximum absolute atomic E-state index is 8.65. The van der Waals surface area contributed by atoms with Gasteiger partial charge in [-0.05, 0) is 25.2 Å². The Morgan fingerprint density at radius 3 is 3.18 bits per heavy atom. The van der Waals surface area contributed by atoms with Gasteiger partial charge in [-0.1, -0.05) is 24.2 Å². The molecule has 2 nitrogen and oxygen atoms in total. The Kier molecular flexibility index (Phi) is 1.31. The molecule has 1 N–H and O–H groups in total. The lowest BCUT2D eigenvalue weighted by atomic mass is 9.56. The van der Waals surface area contributed by atoms with E-state index in [9.17, 15) is 0 Å². The van der Waals surface area contributed by atoms with E-state index in [-0.39, 0.29) is 5.41 Å². The van der Waals surface area contributed by atoms with Crippen molar-refractivity contribution >= 4 is 5.71 Å². The molecule has 0 radical (unpaired) electrons. The quantitative estimate of drug-likeness (QED) is 0.321. The second kappa shape index (κ2) is 2.10. The minimum absolute atomic E-state index is 0.198. The van der Waals surface area contributed by atoms with Gasteiger partial charge in [-0.2, -0.15) is 0 Å². The molecule has 0 amide bonds. The van der Waals surface area contributed by atoms with Gasteiger partial charge >= 0.3 is 0 Å². The minimum atomic E-state index is 0.198. The predicted octanol–water partition coefficient (Wildman–Crippen LogP) is 2.19. The lowest BCUT2D eigenvalue weighted by molar-refractivity contribution is 0.216. The third kappa shape index (κ3) is 0.753. The molecule has 0 bridgehead atoms. The van der Waals surface area contributed by atoms with E-state index in [0.29, 0.717) is 5.92 Å². The molecule has 2 aliphatic rings. The van der Waals surface area contributed by atoms with E-state index < -0.39 is 0 Å². The molecule has 1 saturated carbocycles. The van der Waals surface area contributed by atoms with Crippen LogP contribution in [0.3, 0.4) is 0 Å². The highest BCUT2D eigenvalue weighted by molar-refractivity contribution is 5.96. The predicted molar refractivity (Wildman–Crippen MR) is 43.8 cm³/mol. The van der Waals surface area contributed by atoms with Crippen molar-refractivity contribution in [1.82, 2.24) is 0 Å². The zero-order valence-corrected chi connectivity index (χ0v) is 6.75. The molecule has 11 heavy (non-hydrogen) atoms. The Bertz CT molecular complexity index is 232. The first-order chi connectivity index (χ1) is 5.27. The standard InChI is InChI=1S/C9H13NO/c1-9-5-3-2-4-7(9)6-8(9)10-11/h2,4,7,11H,3,5-6H2,1H3/b10-8+.